The van der Waals surface area contributed by atoms with Crippen LogP contribution in [-0.2, 0) is 0 Å². The lowest BCUT2D eigenvalue weighted by Gasteiger charge is -2.44. The van der Waals surface area contributed by atoms with Gasteiger partial charge in [-0.05, 0) is 48.9 Å². The molecule has 1 fully saturated rings. The van der Waals surface area contributed by atoms with Crippen LogP contribution in [0.3, 0.4) is 0 Å². The number of benzene rings is 3. The molecule has 0 radical (unpaired) electrons. The van der Waals surface area contributed by atoms with Crippen LogP contribution in [0, 0.1) is 37.0 Å². The van der Waals surface area contributed by atoms with Gasteiger partial charge in [0.1, 0.15) is 0 Å². The summed E-state index contributed by atoms with van der Waals surface area (Å²) in [5.41, 5.74) is 5.64. The van der Waals surface area contributed by atoms with Gasteiger partial charge in [-0.3, -0.25) is 0 Å². The van der Waals surface area contributed by atoms with E-state index >= 15 is 0 Å². The maximum Gasteiger partial charge on any atom is 0.282 e. The van der Waals surface area contributed by atoms with Crippen LogP contribution in [0.2, 0.25) is 6.04 Å². The normalized spacial score (nSPS) is 16.5. The second kappa shape index (κ2) is 10.1. The zero-order chi connectivity index (χ0) is 23.1. The number of anilines is 3. The average Bonchev–Trinajstić information content (AvgIpc) is 2.86. The van der Waals surface area contributed by atoms with Crippen molar-refractivity contribution < 1.29 is 0 Å². The fraction of sp³-hybridized carbons (Fsp3) is 0.172. The molecule has 1 unspecified atom stereocenters. The second-order valence-corrected chi connectivity index (χ2v) is 11.9. The van der Waals surface area contributed by atoms with Crippen molar-refractivity contribution in [2.24, 2.45) is 0 Å². The molecule has 1 aliphatic heterocycles. The van der Waals surface area contributed by atoms with Crippen molar-refractivity contribution in [3.63, 3.8) is 0 Å². The summed E-state index contributed by atoms with van der Waals surface area (Å²) in [6, 6.07) is 25.0. The van der Waals surface area contributed by atoms with E-state index in [1.807, 2.05) is 60.7 Å². The van der Waals surface area contributed by atoms with Crippen LogP contribution in [0.4, 0.5) is 17.1 Å². The molecule has 3 aromatic rings. The van der Waals surface area contributed by atoms with E-state index in [0.29, 0.717) is 0 Å². The maximum absolute atomic E-state index is 5.83. The molecule has 0 bridgehead atoms. The van der Waals surface area contributed by atoms with Crippen LogP contribution in [0.1, 0.15) is 36.0 Å². The molecular weight excluding hydrogens is 418 g/mol. The van der Waals surface area contributed by atoms with Gasteiger partial charge in [-0.2, -0.15) is 0 Å². The summed E-state index contributed by atoms with van der Waals surface area (Å²) < 4.78 is 0. The molecule has 0 saturated carbocycles. The standard InChI is InChI=1S/C29H27N3Si/c1-4-23-15-7-10-18-26(23)30-29-21-13-14-22-33(29,31-27-19-11-8-16-24(27)5-2)32-28-20-12-9-17-25(28)6-3/h1-3,7-12,15-20,29-32H,13-14,21-22H2. The number of rotatable bonds is 6. The lowest BCUT2D eigenvalue weighted by molar-refractivity contribution is 0.649. The number of hydrogen-bond donors (Lipinski definition) is 3. The molecule has 4 heteroatoms. The predicted molar refractivity (Wildman–Crippen MR) is 142 cm³/mol. The monoisotopic (exact) mass is 445 g/mol. The Labute approximate surface area is 198 Å². The summed E-state index contributed by atoms with van der Waals surface area (Å²) in [4.78, 5) is 7.85. The lowest BCUT2D eigenvalue weighted by Crippen LogP contribution is -2.65. The molecule has 3 nitrogen and oxygen atoms in total. The molecule has 1 aliphatic rings. The zero-order valence-electron chi connectivity index (χ0n) is 18.6. The van der Waals surface area contributed by atoms with Crippen LogP contribution in [0.25, 0.3) is 0 Å². The lowest BCUT2D eigenvalue weighted by atomic mass is 10.1. The molecule has 0 spiro atoms. The third kappa shape index (κ3) is 4.75. The van der Waals surface area contributed by atoms with E-state index < -0.39 is 8.40 Å². The van der Waals surface area contributed by atoms with Crippen molar-refractivity contribution in [1.29, 1.82) is 0 Å². The molecule has 0 aromatic heterocycles. The highest BCUT2D eigenvalue weighted by Gasteiger charge is 2.46. The molecule has 4 rings (SSSR count). The minimum atomic E-state index is -2.48. The Hall–Kier alpha value is -4.04. The van der Waals surface area contributed by atoms with E-state index in [4.69, 9.17) is 19.3 Å². The first-order valence-corrected chi connectivity index (χ1v) is 13.5. The van der Waals surface area contributed by atoms with Gasteiger partial charge in [-0.25, -0.2) is 0 Å². The van der Waals surface area contributed by atoms with Gasteiger partial charge in [-0.1, -0.05) is 67.0 Å². The Morgan fingerprint density at radius 2 is 1.09 bits per heavy atom. The summed E-state index contributed by atoms with van der Waals surface area (Å²) >= 11 is 0. The van der Waals surface area contributed by atoms with E-state index in [0.717, 1.165) is 59.1 Å². The highest BCUT2D eigenvalue weighted by Crippen LogP contribution is 2.34. The Kier molecular flexibility index (Phi) is 6.75. The van der Waals surface area contributed by atoms with E-state index in [-0.39, 0.29) is 5.67 Å². The number of terminal acetylenes is 3. The molecule has 33 heavy (non-hydrogen) atoms. The summed E-state index contributed by atoms with van der Waals surface area (Å²) in [5.74, 6) is 8.46. The van der Waals surface area contributed by atoms with Crippen molar-refractivity contribution in [2.75, 3.05) is 15.3 Å². The van der Waals surface area contributed by atoms with Crippen molar-refractivity contribution in [3.05, 3.63) is 89.5 Å². The van der Waals surface area contributed by atoms with Crippen LogP contribution in [0.15, 0.2) is 72.8 Å². The quantitative estimate of drug-likeness (QED) is 0.331. The molecule has 0 amide bonds. The van der Waals surface area contributed by atoms with Gasteiger partial charge in [-0.15, -0.1) is 19.3 Å². The van der Waals surface area contributed by atoms with Crippen LogP contribution in [0.5, 0.6) is 0 Å². The van der Waals surface area contributed by atoms with Gasteiger partial charge in [0.2, 0.25) is 0 Å². The first kappa shape index (κ1) is 22.2. The van der Waals surface area contributed by atoms with Crippen molar-refractivity contribution in [1.82, 2.24) is 0 Å². The van der Waals surface area contributed by atoms with Gasteiger partial charge >= 0.3 is 0 Å². The fourth-order valence-corrected chi connectivity index (χ4v) is 8.85. The van der Waals surface area contributed by atoms with Gasteiger partial charge < -0.3 is 15.3 Å². The van der Waals surface area contributed by atoms with Crippen molar-refractivity contribution in [2.45, 2.75) is 31.0 Å². The Morgan fingerprint density at radius 3 is 1.61 bits per heavy atom. The number of hydrogen-bond acceptors (Lipinski definition) is 3. The number of nitrogens with one attached hydrogen (secondary N) is 3. The van der Waals surface area contributed by atoms with Crippen LogP contribution >= 0.6 is 0 Å². The van der Waals surface area contributed by atoms with Gasteiger partial charge in [0, 0.05) is 33.8 Å². The minimum Gasteiger partial charge on any atom is -0.392 e. The summed E-state index contributed by atoms with van der Waals surface area (Å²) in [7, 11) is -2.48. The minimum absolute atomic E-state index is 0.164. The fourth-order valence-electron chi connectivity index (χ4n) is 4.54. The van der Waals surface area contributed by atoms with E-state index in [1.54, 1.807) is 0 Å². The second-order valence-electron chi connectivity index (χ2n) is 8.23. The first-order chi connectivity index (χ1) is 16.2. The summed E-state index contributed by atoms with van der Waals surface area (Å²) in [6.45, 7) is 0. The van der Waals surface area contributed by atoms with Crippen molar-refractivity contribution >= 4 is 25.5 Å². The molecule has 1 atom stereocenters. The van der Waals surface area contributed by atoms with Crippen LogP contribution < -0.4 is 15.3 Å². The molecule has 1 saturated heterocycles. The maximum atomic E-state index is 5.83. The SMILES string of the molecule is C#Cc1ccccc1NC1CCCC[Si]1(Nc1ccccc1C#C)Nc1ccccc1C#C. The van der Waals surface area contributed by atoms with Gasteiger partial charge in [0.05, 0.1) is 5.67 Å². The highest BCUT2D eigenvalue weighted by atomic mass is 28.3. The molecule has 1 heterocycles. The van der Waals surface area contributed by atoms with E-state index in [9.17, 15) is 0 Å². The van der Waals surface area contributed by atoms with Crippen molar-refractivity contribution in [3.8, 4) is 37.0 Å². The van der Waals surface area contributed by atoms with Gasteiger partial charge in [0.15, 0.2) is 0 Å². The smallest absolute Gasteiger partial charge is 0.282 e. The average molecular weight is 446 g/mol. The van der Waals surface area contributed by atoms with E-state index in [2.05, 4.69) is 45.2 Å². The van der Waals surface area contributed by atoms with Gasteiger partial charge in [0.25, 0.3) is 8.40 Å². The Bertz CT molecular complexity index is 1200. The van der Waals surface area contributed by atoms with Crippen LogP contribution in [-0.4, -0.2) is 14.1 Å². The Balaban J connectivity index is 1.79. The third-order valence-electron chi connectivity index (χ3n) is 6.20. The summed E-state index contributed by atoms with van der Waals surface area (Å²) in [6.07, 6.45) is 20.7. The Morgan fingerprint density at radius 1 is 0.636 bits per heavy atom. The highest BCUT2D eigenvalue weighted by molar-refractivity contribution is 6.87. The number of para-hydroxylation sites is 3. The first-order valence-electron chi connectivity index (χ1n) is 11.2. The largest absolute Gasteiger partial charge is 0.392 e. The molecule has 3 N–H and O–H groups in total. The molecule has 162 valence electrons. The molecule has 3 aromatic carbocycles. The topological polar surface area (TPSA) is 36.1 Å². The van der Waals surface area contributed by atoms with E-state index in [1.165, 1.54) is 0 Å². The summed E-state index contributed by atoms with van der Waals surface area (Å²) in [5, 5.41) is 3.80. The zero-order valence-corrected chi connectivity index (χ0v) is 19.6. The predicted octanol–water partition coefficient (Wildman–Crippen LogP) is 5.80. The molecule has 0 aliphatic carbocycles. The molecular formula is C29H27N3Si. The third-order valence-corrected chi connectivity index (χ3v) is 10.4.